The van der Waals surface area contributed by atoms with E-state index in [2.05, 4.69) is 14.9 Å². The SMILES string of the molecule is CC[C@H](C(=O)OC(C)(C)C)N1CCN(c2cnn(C)c2)CC1. The minimum atomic E-state index is -0.429. The van der Waals surface area contributed by atoms with Crippen LogP contribution >= 0.6 is 0 Å². The van der Waals surface area contributed by atoms with Crippen molar-refractivity contribution in [1.82, 2.24) is 14.7 Å². The molecule has 1 aromatic rings. The molecular formula is C16H28N4O2. The Morgan fingerprint density at radius 3 is 2.41 bits per heavy atom. The van der Waals surface area contributed by atoms with Gasteiger partial charge in [0.2, 0.25) is 0 Å². The second-order valence-corrected chi connectivity index (χ2v) is 6.85. The van der Waals surface area contributed by atoms with Crippen LogP contribution in [0.4, 0.5) is 5.69 Å². The van der Waals surface area contributed by atoms with E-state index in [1.54, 1.807) is 0 Å². The maximum absolute atomic E-state index is 12.4. The van der Waals surface area contributed by atoms with Crippen molar-refractivity contribution >= 4 is 11.7 Å². The highest BCUT2D eigenvalue weighted by atomic mass is 16.6. The normalized spacial score (nSPS) is 18.3. The van der Waals surface area contributed by atoms with Crippen LogP contribution in [0.3, 0.4) is 0 Å². The number of aryl methyl sites for hydroxylation is 1. The summed E-state index contributed by atoms with van der Waals surface area (Å²) in [6.45, 7) is 11.3. The molecule has 0 N–H and O–H groups in total. The predicted molar refractivity (Wildman–Crippen MR) is 86.9 cm³/mol. The molecule has 0 aliphatic carbocycles. The molecule has 0 unspecified atom stereocenters. The van der Waals surface area contributed by atoms with Crippen molar-refractivity contribution in [3.63, 3.8) is 0 Å². The molecule has 1 aliphatic rings. The Kier molecular flexibility index (Phi) is 5.11. The minimum absolute atomic E-state index is 0.107. The van der Waals surface area contributed by atoms with E-state index < -0.39 is 5.60 Å². The number of hydrogen-bond donors (Lipinski definition) is 0. The summed E-state index contributed by atoms with van der Waals surface area (Å²) in [6, 6.07) is -0.143. The van der Waals surface area contributed by atoms with Crippen LogP contribution in [0.1, 0.15) is 34.1 Å². The third kappa shape index (κ3) is 4.22. The summed E-state index contributed by atoms with van der Waals surface area (Å²) in [5, 5.41) is 4.22. The van der Waals surface area contributed by atoms with E-state index in [4.69, 9.17) is 4.74 Å². The first-order valence-corrected chi connectivity index (χ1v) is 8.00. The molecule has 1 fully saturated rings. The number of aromatic nitrogens is 2. The largest absolute Gasteiger partial charge is 0.459 e. The van der Waals surface area contributed by atoms with Crippen molar-refractivity contribution in [1.29, 1.82) is 0 Å². The molecule has 2 heterocycles. The third-order valence-electron chi connectivity index (χ3n) is 3.88. The molecule has 6 heteroatoms. The molecule has 2 rings (SSSR count). The van der Waals surface area contributed by atoms with Crippen molar-refractivity contribution in [2.24, 2.45) is 7.05 Å². The molecule has 0 radical (unpaired) electrons. The van der Waals surface area contributed by atoms with E-state index in [-0.39, 0.29) is 12.0 Å². The van der Waals surface area contributed by atoms with E-state index in [0.29, 0.717) is 0 Å². The summed E-state index contributed by atoms with van der Waals surface area (Å²) in [5.74, 6) is -0.107. The lowest BCUT2D eigenvalue weighted by Crippen LogP contribution is -2.53. The van der Waals surface area contributed by atoms with Crippen molar-refractivity contribution in [3.05, 3.63) is 12.4 Å². The van der Waals surface area contributed by atoms with Gasteiger partial charge in [-0.2, -0.15) is 5.10 Å². The summed E-state index contributed by atoms with van der Waals surface area (Å²) in [5.41, 5.74) is 0.717. The molecule has 0 amide bonds. The van der Waals surface area contributed by atoms with E-state index >= 15 is 0 Å². The van der Waals surface area contributed by atoms with E-state index in [9.17, 15) is 4.79 Å². The summed E-state index contributed by atoms with van der Waals surface area (Å²) >= 11 is 0. The molecule has 1 atom stereocenters. The number of rotatable bonds is 4. The molecule has 22 heavy (non-hydrogen) atoms. The lowest BCUT2D eigenvalue weighted by Gasteiger charge is -2.39. The maximum atomic E-state index is 12.4. The van der Waals surface area contributed by atoms with Gasteiger partial charge >= 0.3 is 5.97 Å². The first-order valence-electron chi connectivity index (χ1n) is 8.00. The number of esters is 1. The highest BCUT2D eigenvalue weighted by Crippen LogP contribution is 2.19. The van der Waals surface area contributed by atoms with Crippen molar-refractivity contribution in [2.75, 3.05) is 31.1 Å². The highest BCUT2D eigenvalue weighted by Gasteiger charge is 2.31. The van der Waals surface area contributed by atoms with Gasteiger partial charge in [0, 0.05) is 39.4 Å². The summed E-state index contributed by atoms with van der Waals surface area (Å²) in [7, 11) is 1.93. The number of ether oxygens (including phenoxy) is 1. The van der Waals surface area contributed by atoms with Gasteiger partial charge in [-0.3, -0.25) is 14.4 Å². The van der Waals surface area contributed by atoms with Crippen LogP contribution in [-0.4, -0.2) is 58.5 Å². The van der Waals surface area contributed by atoms with Gasteiger partial charge in [-0.15, -0.1) is 0 Å². The molecule has 6 nitrogen and oxygen atoms in total. The van der Waals surface area contributed by atoms with Crippen molar-refractivity contribution in [2.45, 2.75) is 45.8 Å². The van der Waals surface area contributed by atoms with Crippen LogP contribution in [0.2, 0.25) is 0 Å². The number of nitrogens with zero attached hydrogens (tertiary/aromatic N) is 4. The van der Waals surface area contributed by atoms with Crippen LogP contribution in [0, 0.1) is 0 Å². The first kappa shape index (κ1) is 16.8. The number of anilines is 1. The molecule has 1 saturated heterocycles. The van der Waals surface area contributed by atoms with E-state index in [0.717, 1.165) is 38.3 Å². The Hall–Kier alpha value is -1.56. The fourth-order valence-electron chi connectivity index (χ4n) is 2.81. The standard InChI is InChI=1S/C16H28N4O2/c1-6-14(15(21)22-16(2,3)4)20-9-7-19(8-10-20)13-11-17-18(5)12-13/h11-12,14H,6-10H2,1-5H3/t14-/m1/s1. The quantitative estimate of drug-likeness (QED) is 0.792. The predicted octanol–water partition coefficient (Wildman–Crippen LogP) is 1.66. The molecule has 1 aliphatic heterocycles. The zero-order chi connectivity index (χ0) is 16.3. The van der Waals surface area contributed by atoms with Crippen LogP contribution in [0.15, 0.2) is 12.4 Å². The summed E-state index contributed by atoms with van der Waals surface area (Å²) in [4.78, 5) is 16.9. The monoisotopic (exact) mass is 308 g/mol. The zero-order valence-electron chi connectivity index (χ0n) is 14.4. The van der Waals surface area contributed by atoms with Crippen LogP contribution < -0.4 is 4.90 Å². The van der Waals surface area contributed by atoms with Crippen molar-refractivity contribution in [3.8, 4) is 0 Å². The van der Waals surface area contributed by atoms with Gasteiger partial charge in [0.15, 0.2) is 0 Å². The van der Waals surface area contributed by atoms with Gasteiger partial charge in [0.1, 0.15) is 11.6 Å². The van der Waals surface area contributed by atoms with Gasteiger partial charge in [0.25, 0.3) is 0 Å². The second kappa shape index (κ2) is 6.69. The Labute approximate surface area is 133 Å². The Bertz CT molecular complexity index is 498. The average Bonchev–Trinajstić information content (AvgIpc) is 2.85. The molecule has 0 spiro atoms. The third-order valence-corrected chi connectivity index (χ3v) is 3.88. The van der Waals surface area contributed by atoms with Gasteiger partial charge in [-0.05, 0) is 27.2 Å². The molecular weight excluding hydrogens is 280 g/mol. The Balaban J connectivity index is 1.92. The lowest BCUT2D eigenvalue weighted by atomic mass is 10.1. The van der Waals surface area contributed by atoms with Gasteiger partial charge in [0.05, 0.1) is 11.9 Å². The van der Waals surface area contributed by atoms with Gasteiger partial charge < -0.3 is 9.64 Å². The fraction of sp³-hybridized carbons (Fsp3) is 0.750. The Morgan fingerprint density at radius 2 is 1.95 bits per heavy atom. The van der Waals surface area contributed by atoms with Crippen LogP contribution in [-0.2, 0) is 16.6 Å². The number of carbonyl (C=O) groups excluding carboxylic acids is 1. The first-order chi connectivity index (χ1) is 10.3. The number of hydrogen-bond acceptors (Lipinski definition) is 5. The van der Waals surface area contributed by atoms with Gasteiger partial charge in [-0.1, -0.05) is 6.92 Å². The lowest BCUT2D eigenvalue weighted by molar-refractivity contribution is -0.161. The van der Waals surface area contributed by atoms with Gasteiger partial charge in [-0.25, -0.2) is 0 Å². The maximum Gasteiger partial charge on any atom is 0.323 e. The number of carbonyl (C=O) groups is 1. The Morgan fingerprint density at radius 1 is 1.32 bits per heavy atom. The van der Waals surface area contributed by atoms with Crippen molar-refractivity contribution < 1.29 is 9.53 Å². The molecule has 0 bridgehead atoms. The number of piperazine rings is 1. The second-order valence-electron chi connectivity index (χ2n) is 6.85. The smallest absolute Gasteiger partial charge is 0.323 e. The van der Waals surface area contributed by atoms with E-state index in [1.165, 1.54) is 0 Å². The summed E-state index contributed by atoms with van der Waals surface area (Å²) in [6.07, 6.45) is 4.70. The summed E-state index contributed by atoms with van der Waals surface area (Å²) < 4.78 is 7.37. The van der Waals surface area contributed by atoms with Crippen LogP contribution in [0.25, 0.3) is 0 Å². The molecule has 124 valence electrons. The highest BCUT2D eigenvalue weighted by molar-refractivity contribution is 5.76. The topological polar surface area (TPSA) is 50.6 Å². The van der Waals surface area contributed by atoms with Crippen LogP contribution in [0.5, 0.6) is 0 Å². The fourth-order valence-corrected chi connectivity index (χ4v) is 2.81. The zero-order valence-corrected chi connectivity index (χ0v) is 14.4. The van der Waals surface area contributed by atoms with E-state index in [1.807, 2.05) is 51.8 Å². The molecule has 0 saturated carbocycles. The minimum Gasteiger partial charge on any atom is -0.459 e. The molecule has 1 aromatic heterocycles. The average molecular weight is 308 g/mol. The molecule has 0 aromatic carbocycles.